The third-order valence-corrected chi connectivity index (χ3v) is 5.33. The van der Waals surface area contributed by atoms with Gasteiger partial charge >= 0.3 is 0 Å². The fourth-order valence-electron chi connectivity index (χ4n) is 1.70. The van der Waals surface area contributed by atoms with Gasteiger partial charge in [-0.05, 0) is 68.6 Å². The Hall–Kier alpha value is -0.170. The van der Waals surface area contributed by atoms with Gasteiger partial charge in [0.2, 0.25) is 0 Å². The zero-order chi connectivity index (χ0) is 14.9. The quantitative estimate of drug-likeness (QED) is 0.489. The van der Waals surface area contributed by atoms with Gasteiger partial charge in [0, 0.05) is 23.5 Å². The summed E-state index contributed by atoms with van der Waals surface area (Å²) in [6, 6.07) is 9.33. The first-order chi connectivity index (χ1) is 9.40. The van der Waals surface area contributed by atoms with Gasteiger partial charge in [0.05, 0.1) is 5.69 Å². The van der Waals surface area contributed by atoms with Crippen LogP contribution in [0.25, 0.3) is 0 Å². The molecule has 0 unspecified atom stereocenters. The minimum atomic E-state index is -0.146. The molecule has 0 saturated heterocycles. The Labute approximate surface area is 150 Å². The van der Waals surface area contributed by atoms with Gasteiger partial charge in [-0.2, -0.15) is 0 Å². The first-order valence-corrected chi connectivity index (χ1v) is 8.78. The van der Waals surface area contributed by atoms with Gasteiger partial charge < -0.3 is 5.32 Å². The molecule has 0 spiro atoms. The molecule has 2 aromatic carbocycles. The van der Waals surface area contributed by atoms with Crippen LogP contribution < -0.4 is 5.32 Å². The largest absolute Gasteiger partial charge is 0.320 e. The molecule has 0 fully saturated rings. The number of halogens is 4. The van der Waals surface area contributed by atoms with Gasteiger partial charge in [0.1, 0.15) is 0 Å². The van der Waals surface area contributed by atoms with Crippen molar-refractivity contribution in [3.8, 4) is 0 Å². The maximum atomic E-state index is 12.4. The second-order valence-electron chi connectivity index (χ2n) is 4.11. The van der Waals surface area contributed by atoms with E-state index in [4.69, 9.17) is 0 Å². The number of carbonyl (C=O) groups excluding carboxylic acids is 1. The molecular formula is C14H9Br4NO. The third kappa shape index (κ3) is 3.53. The highest BCUT2D eigenvalue weighted by Gasteiger charge is 2.14. The van der Waals surface area contributed by atoms with Crippen LogP contribution >= 0.6 is 63.7 Å². The molecule has 2 rings (SSSR count). The summed E-state index contributed by atoms with van der Waals surface area (Å²) in [4.78, 5) is 12.4. The molecule has 0 saturated carbocycles. The zero-order valence-corrected chi connectivity index (χ0v) is 16.7. The van der Waals surface area contributed by atoms with E-state index in [0.717, 1.165) is 23.5 Å². The Morgan fingerprint density at radius 2 is 1.60 bits per heavy atom. The number of carbonyl (C=O) groups is 1. The molecule has 2 aromatic rings. The van der Waals surface area contributed by atoms with Gasteiger partial charge in [0.15, 0.2) is 0 Å². The molecule has 1 amide bonds. The highest BCUT2D eigenvalue weighted by molar-refractivity contribution is 9.11. The van der Waals surface area contributed by atoms with E-state index in [9.17, 15) is 4.79 Å². The van der Waals surface area contributed by atoms with Crippen molar-refractivity contribution in [2.75, 3.05) is 5.32 Å². The Balaban J connectivity index is 2.36. The number of nitrogens with one attached hydrogen (secondary N) is 1. The van der Waals surface area contributed by atoms with Crippen molar-refractivity contribution < 1.29 is 4.79 Å². The van der Waals surface area contributed by atoms with Crippen molar-refractivity contribution in [1.82, 2.24) is 0 Å². The summed E-state index contributed by atoms with van der Waals surface area (Å²) in [7, 11) is 0. The number of rotatable bonds is 2. The average molecular weight is 527 g/mol. The molecular weight excluding hydrogens is 518 g/mol. The second-order valence-corrected chi connectivity index (χ2v) is 7.59. The Morgan fingerprint density at radius 3 is 2.20 bits per heavy atom. The average Bonchev–Trinajstić information content (AvgIpc) is 2.36. The van der Waals surface area contributed by atoms with E-state index in [1.165, 1.54) is 0 Å². The predicted octanol–water partition coefficient (Wildman–Crippen LogP) is 6.30. The first-order valence-electron chi connectivity index (χ1n) is 5.61. The van der Waals surface area contributed by atoms with Gasteiger partial charge in [-0.15, -0.1) is 0 Å². The highest BCUT2D eigenvalue weighted by Crippen LogP contribution is 2.35. The number of amides is 1. The van der Waals surface area contributed by atoms with Crippen LogP contribution in [0.3, 0.4) is 0 Å². The molecule has 0 heterocycles. The molecule has 6 heteroatoms. The summed E-state index contributed by atoms with van der Waals surface area (Å²) in [6.07, 6.45) is 0. The van der Waals surface area contributed by atoms with Crippen molar-refractivity contribution in [3.05, 3.63) is 59.3 Å². The van der Waals surface area contributed by atoms with Gasteiger partial charge in [0.25, 0.3) is 5.91 Å². The van der Waals surface area contributed by atoms with Crippen molar-refractivity contribution in [1.29, 1.82) is 0 Å². The molecule has 1 N–H and O–H groups in total. The molecule has 104 valence electrons. The van der Waals surface area contributed by atoms with Gasteiger partial charge in [-0.25, -0.2) is 0 Å². The summed E-state index contributed by atoms with van der Waals surface area (Å²) >= 11 is 13.7. The van der Waals surface area contributed by atoms with Crippen LogP contribution in [0.15, 0.2) is 48.2 Å². The Bertz CT molecular complexity index is 662. The van der Waals surface area contributed by atoms with E-state index < -0.39 is 0 Å². The highest BCUT2D eigenvalue weighted by atomic mass is 79.9. The minimum absolute atomic E-state index is 0.146. The fraction of sp³-hybridized carbons (Fsp3) is 0.0714. The number of hydrogen-bond donors (Lipinski definition) is 1. The predicted molar refractivity (Wildman–Crippen MR) is 96.4 cm³/mol. The standard InChI is InChI=1S/C14H9Br4NO/c1-7-9(3-2-4-10(7)16)14(20)19-13-11(17)5-8(15)6-12(13)18/h2-6H,1H3,(H,19,20). The Morgan fingerprint density at radius 1 is 1.00 bits per heavy atom. The Kier molecular flexibility index (Phi) is 5.45. The smallest absolute Gasteiger partial charge is 0.256 e. The van der Waals surface area contributed by atoms with Crippen LogP contribution in [0, 0.1) is 6.92 Å². The van der Waals surface area contributed by atoms with E-state index in [0.29, 0.717) is 11.3 Å². The topological polar surface area (TPSA) is 29.1 Å². The van der Waals surface area contributed by atoms with Gasteiger partial charge in [-0.1, -0.05) is 37.9 Å². The first kappa shape index (κ1) is 16.2. The van der Waals surface area contributed by atoms with E-state index in [1.807, 2.05) is 31.2 Å². The van der Waals surface area contributed by atoms with Crippen LogP contribution in [-0.2, 0) is 0 Å². The normalized spacial score (nSPS) is 10.4. The van der Waals surface area contributed by atoms with Crippen LogP contribution in [0.5, 0.6) is 0 Å². The molecule has 2 nitrogen and oxygen atoms in total. The molecule has 0 aliphatic heterocycles. The molecule has 0 aliphatic carbocycles. The van der Waals surface area contributed by atoms with E-state index in [2.05, 4.69) is 69.0 Å². The lowest BCUT2D eigenvalue weighted by atomic mass is 10.1. The lowest BCUT2D eigenvalue weighted by Gasteiger charge is -2.12. The summed E-state index contributed by atoms with van der Waals surface area (Å²) < 4.78 is 3.45. The molecule has 0 radical (unpaired) electrons. The van der Waals surface area contributed by atoms with Crippen molar-refractivity contribution in [2.24, 2.45) is 0 Å². The molecule has 20 heavy (non-hydrogen) atoms. The van der Waals surface area contributed by atoms with Crippen LogP contribution in [0.2, 0.25) is 0 Å². The van der Waals surface area contributed by atoms with Crippen molar-refractivity contribution in [2.45, 2.75) is 6.92 Å². The molecule has 0 bridgehead atoms. The van der Waals surface area contributed by atoms with E-state index in [1.54, 1.807) is 6.07 Å². The van der Waals surface area contributed by atoms with Crippen LogP contribution in [-0.4, -0.2) is 5.91 Å². The third-order valence-electron chi connectivity index (χ3n) is 2.76. The number of benzene rings is 2. The summed E-state index contributed by atoms with van der Waals surface area (Å²) in [5.41, 5.74) is 2.26. The molecule has 0 aromatic heterocycles. The zero-order valence-electron chi connectivity index (χ0n) is 10.3. The fourth-order valence-corrected chi connectivity index (χ4v) is 4.52. The summed E-state index contributed by atoms with van der Waals surface area (Å²) in [5.74, 6) is -0.146. The second kappa shape index (κ2) is 6.73. The molecule has 0 aliphatic rings. The number of anilines is 1. The maximum Gasteiger partial charge on any atom is 0.256 e. The lowest BCUT2D eigenvalue weighted by molar-refractivity contribution is 0.102. The lowest BCUT2D eigenvalue weighted by Crippen LogP contribution is -2.14. The SMILES string of the molecule is Cc1c(Br)cccc1C(=O)Nc1c(Br)cc(Br)cc1Br. The summed E-state index contributed by atoms with van der Waals surface area (Å²) in [6.45, 7) is 1.91. The van der Waals surface area contributed by atoms with E-state index in [-0.39, 0.29) is 5.91 Å². The van der Waals surface area contributed by atoms with Crippen LogP contribution in [0.1, 0.15) is 15.9 Å². The van der Waals surface area contributed by atoms with Crippen LogP contribution in [0.4, 0.5) is 5.69 Å². The molecule has 0 atom stereocenters. The van der Waals surface area contributed by atoms with Crippen molar-refractivity contribution in [3.63, 3.8) is 0 Å². The number of hydrogen-bond acceptors (Lipinski definition) is 1. The summed E-state index contributed by atoms with van der Waals surface area (Å²) in [5, 5.41) is 2.92. The maximum absolute atomic E-state index is 12.4. The van der Waals surface area contributed by atoms with E-state index >= 15 is 0 Å². The van der Waals surface area contributed by atoms with Gasteiger partial charge in [-0.3, -0.25) is 4.79 Å². The monoisotopic (exact) mass is 523 g/mol. The minimum Gasteiger partial charge on any atom is -0.320 e. The van der Waals surface area contributed by atoms with Crippen molar-refractivity contribution >= 4 is 75.3 Å².